The lowest BCUT2D eigenvalue weighted by Gasteiger charge is -2.19. The molecule has 0 aliphatic carbocycles. The van der Waals surface area contributed by atoms with Crippen LogP contribution in [0.3, 0.4) is 0 Å². The van der Waals surface area contributed by atoms with Crippen LogP contribution in [0.25, 0.3) is 0 Å². The first-order valence-electron chi connectivity index (χ1n) is 6.74. The van der Waals surface area contributed by atoms with Crippen molar-refractivity contribution in [3.05, 3.63) is 27.7 Å². The maximum atomic E-state index is 5.70. The normalized spacial score (nSPS) is 14.3. The van der Waals surface area contributed by atoms with Crippen LogP contribution in [0.2, 0.25) is 0 Å². The summed E-state index contributed by atoms with van der Waals surface area (Å²) in [4.78, 5) is 0. The van der Waals surface area contributed by atoms with Crippen molar-refractivity contribution in [2.75, 3.05) is 19.8 Å². The molecule has 1 aliphatic heterocycles. The molecule has 0 fully saturated rings. The van der Waals surface area contributed by atoms with Crippen LogP contribution in [0.15, 0.2) is 16.6 Å². The average molecular weight is 328 g/mol. The van der Waals surface area contributed by atoms with Crippen LogP contribution in [0, 0.1) is 0 Å². The second-order valence-electron chi connectivity index (χ2n) is 5.79. The van der Waals surface area contributed by atoms with Crippen LogP contribution in [0.5, 0.6) is 5.75 Å². The molecule has 0 spiro atoms. The molecule has 0 bridgehead atoms. The summed E-state index contributed by atoms with van der Waals surface area (Å²) in [6.07, 6.45) is 1.01. The highest BCUT2D eigenvalue weighted by Crippen LogP contribution is 2.32. The highest BCUT2D eigenvalue weighted by molar-refractivity contribution is 9.10. The van der Waals surface area contributed by atoms with Gasteiger partial charge in [0.05, 0.1) is 18.8 Å². The van der Waals surface area contributed by atoms with Crippen LogP contribution in [0.4, 0.5) is 0 Å². The molecule has 0 aromatic heterocycles. The van der Waals surface area contributed by atoms with Gasteiger partial charge in [0, 0.05) is 29.5 Å². The second-order valence-corrected chi connectivity index (χ2v) is 6.70. The summed E-state index contributed by atoms with van der Waals surface area (Å²) in [5, 5.41) is 3.41. The Morgan fingerprint density at radius 1 is 1.37 bits per heavy atom. The lowest BCUT2D eigenvalue weighted by molar-refractivity contribution is -0.000899. The van der Waals surface area contributed by atoms with Gasteiger partial charge in [0.25, 0.3) is 0 Å². The molecule has 19 heavy (non-hydrogen) atoms. The van der Waals surface area contributed by atoms with Crippen LogP contribution in [-0.4, -0.2) is 25.4 Å². The van der Waals surface area contributed by atoms with Crippen molar-refractivity contribution >= 4 is 15.9 Å². The zero-order valence-electron chi connectivity index (χ0n) is 11.9. The van der Waals surface area contributed by atoms with Crippen LogP contribution in [0.1, 0.15) is 31.9 Å². The molecule has 0 radical (unpaired) electrons. The molecule has 1 aromatic rings. The third-order valence-electron chi connectivity index (χ3n) is 2.95. The quantitative estimate of drug-likeness (QED) is 0.842. The van der Waals surface area contributed by atoms with E-state index >= 15 is 0 Å². The van der Waals surface area contributed by atoms with Gasteiger partial charge in [-0.15, -0.1) is 0 Å². The summed E-state index contributed by atoms with van der Waals surface area (Å²) in [5.41, 5.74) is 2.46. The molecular weight excluding hydrogens is 306 g/mol. The average Bonchev–Trinajstić information content (AvgIpc) is 2.74. The van der Waals surface area contributed by atoms with E-state index in [4.69, 9.17) is 9.47 Å². The van der Waals surface area contributed by atoms with E-state index in [0.717, 1.165) is 42.9 Å². The molecule has 3 nitrogen and oxygen atoms in total. The van der Waals surface area contributed by atoms with Crippen molar-refractivity contribution in [3.63, 3.8) is 0 Å². The molecule has 0 unspecified atom stereocenters. The SMILES string of the molecule is CC(C)(C)OCCNCc1cc(Br)cc2c1OCC2. The Morgan fingerprint density at radius 3 is 2.89 bits per heavy atom. The van der Waals surface area contributed by atoms with Crippen molar-refractivity contribution < 1.29 is 9.47 Å². The van der Waals surface area contributed by atoms with E-state index in [0.29, 0.717) is 0 Å². The molecule has 1 aromatic carbocycles. The highest BCUT2D eigenvalue weighted by Gasteiger charge is 2.17. The Kier molecular flexibility index (Phi) is 4.87. The number of halogens is 1. The Balaban J connectivity index is 1.84. The van der Waals surface area contributed by atoms with Crippen molar-refractivity contribution in [1.29, 1.82) is 0 Å². The van der Waals surface area contributed by atoms with E-state index in [-0.39, 0.29) is 5.60 Å². The van der Waals surface area contributed by atoms with Gasteiger partial charge in [0.15, 0.2) is 0 Å². The third-order valence-corrected chi connectivity index (χ3v) is 3.41. The van der Waals surface area contributed by atoms with Gasteiger partial charge >= 0.3 is 0 Å². The maximum Gasteiger partial charge on any atom is 0.127 e. The van der Waals surface area contributed by atoms with Gasteiger partial charge in [-0.25, -0.2) is 0 Å². The van der Waals surface area contributed by atoms with Gasteiger partial charge in [-0.1, -0.05) is 15.9 Å². The minimum absolute atomic E-state index is 0.0676. The molecule has 1 N–H and O–H groups in total. The number of rotatable bonds is 5. The largest absolute Gasteiger partial charge is 0.493 e. The second kappa shape index (κ2) is 6.25. The van der Waals surface area contributed by atoms with E-state index in [1.807, 2.05) is 0 Å². The lowest BCUT2D eigenvalue weighted by atomic mass is 10.1. The number of hydrogen-bond acceptors (Lipinski definition) is 3. The van der Waals surface area contributed by atoms with Gasteiger partial charge in [0.2, 0.25) is 0 Å². The standard InChI is InChI=1S/C15H22BrNO2/c1-15(2,3)19-7-5-17-10-12-9-13(16)8-11-4-6-18-14(11)12/h8-9,17H,4-7,10H2,1-3H3. The topological polar surface area (TPSA) is 30.5 Å². The summed E-state index contributed by atoms with van der Waals surface area (Å²) in [6.45, 7) is 9.40. The summed E-state index contributed by atoms with van der Waals surface area (Å²) in [6, 6.07) is 4.27. The van der Waals surface area contributed by atoms with E-state index in [1.165, 1.54) is 11.1 Å². The van der Waals surface area contributed by atoms with E-state index < -0.39 is 0 Å². The van der Waals surface area contributed by atoms with E-state index in [2.05, 4.69) is 54.2 Å². The minimum atomic E-state index is -0.0676. The number of benzene rings is 1. The smallest absolute Gasteiger partial charge is 0.127 e. The predicted molar refractivity (Wildman–Crippen MR) is 80.8 cm³/mol. The summed E-state index contributed by atoms with van der Waals surface area (Å²) in [7, 11) is 0. The van der Waals surface area contributed by atoms with Crippen molar-refractivity contribution in [3.8, 4) is 5.75 Å². The zero-order valence-corrected chi connectivity index (χ0v) is 13.5. The lowest BCUT2D eigenvalue weighted by Crippen LogP contribution is -2.26. The van der Waals surface area contributed by atoms with Crippen LogP contribution < -0.4 is 10.1 Å². The molecule has 2 rings (SSSR count). The summed E-state index contributed by atoms with van der Waals surface area (Å²) >= 11 is 3.56. The van der Waals surface area contributed by atoms with Crippen molar-refractivity contribution in [2.24, 2.45) is 0 Å². The van der Waals surface area contributed by atoms with Gasteiger partial charge < -0.3 is 14.8 Å². The fraction of sp³-hybridized carbons (Fsp3) is 0.600. The van der Waals surface area contributed by atoms with E-state index in [1.54, 1.807) is 0 Å². The molecular formula is C15H22BrNO2. The van der Waals surface area contributed by atoms with Gasteiger partial charge in [0.1, 0.15) is 5.75 Å². The van der Waals surface area contributed by atoms with Gasteiger partial charge in [-0.3, -0.25) is 0 Å². The Bertz CT molecular complexity index is 441. The van der Waals surface area contributed by atoms with Crippen LogP contribution >= 0.6 is 15.9 Å². The Labute approximate surface area is 123 Å². The molecule has 4 heteroatoms. The summed E-state index contributed by atoms with van der Waals surface area (Å²) in [5.74, 6) is 1.06. The monoisotopic (exact) mass is 327 g/mol. The first-order valence-corrected chi connectivity index (χ1v) is 7.54. The first-order chi connectivity index (χ1) is 8.96. The summed E-state index contributed by atoms with van der Waals surface area (Å²) < 4.78 is 12.5. The predicted octanol–water partition coefficient (Wildman–Crippen LogP) is 3.29. The molecule has 1 aliphatic rings. The van der Waals surface area contributed by atoms with E-state index in [9.17, 15) is 0 Å². The Hall–Kier alpha value is -0.580. The highest BCUT2D eigenvalue weighted by atomic mass is 79.9. The molecule has 0 atom stereocenters. The Morgan fingerprint density at radius 2 is 2.16 bits per heavy atom. The number of fused-ring (bicyclic) bond motifs is 1. The molecule has 106 valence electrons. The fourth-order valence-electron chi connectivity index (χ4n) is 2.13. The molecule has 0 saturated heterocycles. The van der Waals surface area contributed by atoms with Gasteiger partial charge in [-0.2, -0.15) is 0 Å². The third kappa shape index (κ3) is 4.48. The first kappa shape index (κ1) is 14.8. The zero-order chi connectivity index (χ0) is 13.9. The number of nitrogens with one attached hydrogen (secondary N) is 1. The maximum absolute atomic E-state index is 5.70. The molecule has 1 heterocycles. The molecule has 0 amide bonds. The van der Waals surface area contributed by atoms with Gasteiger partial charge in [-0.05, 0) is 38.5 Å². The fourth-order valence-corrected chi connectivity index (χ4v) is 2.68. The van der Waals surface area contributed by atoms with Crippen molar-refractivity contribution in [2.45, 2.75) is 39.3 Å². The number of hydrogen-bond donors (Lipinski definition) is 1. The van der Waals surface area contributed by atoms with Crippen LogP contribution in [-0.2, 0) is 17.7 Å². The molecule has 0 saturated carbocycles. The van der Waals surface area contributed by atoms with Crippen molar-refractivity contribution in [1.82, 2.24) is 5.32 Å². The minimum Gasteiger partial charge on any atom is -0.493 e. The number of ether oxygens (including phenoxy) is 2.